The molecule has 0 aliphatic heterocycles. The smallest absolute Gasteiger partial charge is 0.0739 e. The van der Waals surface area contributed by atoms with Gasteiger partial charge in [-0.05, 0) is 32.9 Å². The lowest BCUT2D eigenvalue weighted by Crippen LogP contribution is -2.26. The first-order valence-electron chi connectivity index (χ1n) is 4.22. The van der Waals surface area contributed by atoms with Crippen LogP contribution >= 0.6 is 11.6 Å². The van der Waals surface area contributed by atoms with Crippen LogP contribution in [-0.4, -0.2) is 5.54 Å². The fourth-order valence-electron chi connectivity index (χ4n) is 1.05. The Morgan fingerprint density at radius 3 is 2.46 bits per heavy atom. The van der Waals surface area contributed by atoms with Crippen molar-refractivity contribution >= 4 is 23.0 Å². The molecule has 0 aromatic heterocycles. The molecule has 1 rings (SSSR count). The summed E-state index contributed by atoms with van der Waals surface area (Å²) in [6, 6.07) is 5.59. The number of hydrogen-bond acceptors (Lipinski definition) is 2. The highest BCUT2D eigenvalue weighted by atomic mass is 35.5. The number of halogens is 1. The number of anilines is 2. The van der Waals surface area contributed by atoms with Gasteiger partial charge in [0.05, 0.1) is 16.4 Å². The minimum absolute atomic E-state index is 0.00119. The molecule has 0 atom stereocenters. The molecule has 2 nitrogen and oxygen atoms in total. The molecule has 0 fully saturated rings. The Kier molecular flexibility index (Phi) is 2.71. The van der Waals surface area contributed by atoms with E-state index in [1.165, 1.54) is 0 Å². The predicted molar refractivity (Wildman–Crippen MR) is 59.2 cm³/mol. The molecule has 0 unspecified atom stereocenters. The lowest BCUT2D eigenvalue weighted by atomic mass is 10.1. The van der Waals surface area contributed by atoms with E-state index in [9.17, 15) is 0 Å². The van der Waals surface area contributed by atoms with Crippen molar-refractivity contribution in [1.82, 2.24) is 0 Å². The Labute approximate surface area is 84.1 Å². The fraction of sp³-hybridized carbons (Fsp3) is 0.400. The van der Waals surface area contributed by atoms with Crippen molar-refractivity contribution in [3.8, 4) is 0 Å². The zero-order valence-corrected chi connectivity index (χ0v) is 8.94. The average molecular weight is 199 g/mol. The van der Waals surface area contributed by atoms with Gasteiger partial charge in [-0.1, -0.05) is 17.7 Å². The summed E-state index contributed by atoms with van der Waals surface area (Å²) in [7, 11) is 0. The largest absolute Gasteiger partial charge is 0.396 e. The molecule has 0 radical (unpaired) electrons. The van der Waals surface area contributed by atoms with E-state index in [-0.39, 0.29) is 5.54 Å². The third-order valence-corrected chi connectivity index (χ3v) is 1.89. The van der Waals surface area contributed by atoms with Gasteiger partial charge in [0.1, 0.15) is 0 Å². The van der Waals surface area contributed by atoms with Crippen LogP contribution in [0.15, 0.2) is 18.2 Å². The molecule has 13 heavy (non-hydrogen) atoms. The molecule has 0 saturated heterocycles. The summed E-state index contributed by atoms with van der Waals surface area (Å²) in [5, 5.41) is 3.87. The minimum atomic E-state index is -0.00119. The molecule has 1 aromatic rings. The van der Waals surface area contributed by atoms with E-state index in [4.69, 9.17) is 17.3 Å². The van der Waals surface area contributed by atoms with Crippen molar-refractivity contribution < 1.29 is 0 Å². The highest BCUT2D eigenvalue weighted by molar-refractivity contribution is 6.33. The summed E-state index contributed by atoms with van der Waals surface area (Å²) in [6.07, 6.45) is 0. The maximum absolute atomic E-state index is 5.88. The number of nitrogens with two attached hydrogens (primary N) is 1. The molecule has 0 heterocycles. The average Bonchev–Trinajstić information content (AvgIpc) is 1.96. The monoisotopic (exact) mass is 198 g/mol. The Balaban J connectivity index is 2.96. The second-order valence-corrected chi connectivity index (χ2v) is 4.48. The molecule has 0 spiro atoms. The predicted octanol–water partition coefficient (Wildman–Crippen LogP) is 3.13. The zero-order chi connectivity index (χ0) is 10.1. The Bertz CT molecular complexity index is 302. The van der Waals surface area contributed by atoms with E-state index in [1.54, 1.807) is 6.07 Å². The highest BCUT2D eigenvalue weighted by Crippen LogP contribution is 2.28. The first-order chi connectivity index (χ1) is 5.90. The molecule has 1 aromatic carbocycles. The topological polar surface area (TPSA) is 38.0 Å². The van der Waals surface area contributed by atoms with Gasteiger partial charge < -0.3 is 11.1 Å². The SMILES string of the molecule is CC(C)(C)Nc1cccc(Cl)c1N. The van der Waals surface area contributed by atoms with E-state index < -0.39 is 0 Å². The molecule has 0 saturated carbocycles. The third-order valence-electron chi connectivity index (χ3n) is 1.56. The van der Waals surface area contributed by atoms with Crippen LogP contribution in [0.1, 0.15) is 20.8 Å². The molecule has 0 amide bonds. The van der Waals surface area contributed by atoms with Crippen LogP contribution < -0.4 is 11.1 Å². The fourth-order valence-corrected chi connectivity index (χ4v) is 1.22. The summed E-state index contributed by atoms with van der Waals surface area (Å²) in [4.78, 5) is 0. The number of nitrogens with one attached hydrogen (secondary N) is 1. The van der Waals surface area contributed by atoms with E-state index in [1.807, 2.05) is 12.1 Å². The maximum atomic E-state index is 5.88. The molecule has 0 bridgehead atoms. The minimum Gasteiger partial charge on any atom is -0.396 e. The van der Waals surface area contributed by atoms with Crippen LogP contribution in [0.2, 0.25) is 5.02 Å². The van der Waals surface area contributed by atoms with Gasteiger partial charge in [0.25, 0.3) is 0 Å². The van der Waals surface area contributed by atoms with Gasteiger partial charge >= 0.3 is 0 Å². The van der Waals surface area contributed by atoms with E-state index in [0.717, 1.165) is 5.69 Å². The van der Waals surface area contributed by atoms with Crippen LogP contribution in [0.3, 0.4) is 0 Å². The van der Waals surface area contributed by atoms with Crippen molar-refractivity contribution in [2.45, 2.75) is 26.3 Å². The van der Waals surface area contributed by atoms with Crippen molar-refractivity contribution in [2.75, 3.05) is 11.1 Å². The van der Waals surface area contributed by atoms with Gasteiger partial charge in [-0.3, -0.25) is 0 Å². The lowest BCUT2D eigenvalue weighted by molar-refractivity contribution is 0.634. The highest BCUT2D eigenvalue weighted by Gasteiger charge is 2.11. The van der Waals surface area contributed by atoms with Gasteiger partial charge in [-0.25, -0.2) is 0 Å². The van der Waals surface area contributed by atoms with Crippen LogP contribution in [0.4, 0.5) is 11.4 Å². The quantitative estimate of drug-likeness (QED) is 0.681. The maximum Gasteiger partial charge on any atom is 0.0739 e. The molecular weight excluding hydrogens is 184 g/mol. The summed E-state index contributed by atoms with van der Waals surface area (Å²) in [5.41, 5.74) is 7.29. The van der Waals surface area contributed by atoms with Crippen LogP contribution in [-0.2, 0) is 0 Å². The zero-order valence-electron chi connectivity index (χ0n) is 8.19. The molecule has 72 valence electrons. The molecular formula is C10H15ClN2. The van der Waals surface area contributed by atoms with E-state index in [0.29, 0.717) is 10.7 Å². The molecule has 3 heteroatoms. The first kappa shape index (κ1) is 10.2. The second kappa shape index (κ2) is 3.46. The summed E-state index contributed by atoms with van der Waals surface area (Å²) < 4.78 is 0. The summed E-state index contributed by atoms with van der Waals surface area (Å²) in [5.74, 6) is 0. The van der Waals surface area contributed by atoms with Gasteiger partial charge in [-0.15, -0.1) is 0 Å². The molecule has 0 aliphatic rings. The summed E-state index contributed by atoms with van der Waals surface area (Å²) in [6.45, 7) is 6.23. The van der Waals surface area contributed by atoms with Gasteiger partial charge in [-0.2, -0.15) is 0 Å². The van der Waals surface area contributed by atoms with E-state index in [2.05, 4.69) is 26.1 Å². The van der Waals surface area contributed by atoms with Crippen LogP contribution in [0.25, 0.3) is 0 Å². The lowest BCUT2D eigenvalue weighted by Gasteiger charge is -2.23. The number of para-hydroxylation sites is 1. The second-order valence-electron chi connectivity index (χ2n) is 4.08. The van der Waals surface area contributed by atoms with Gasteiger partial charge in [0, 0.05) is 5.54 Å². The molecule has 0 aliphatic carbocycles. The molecule has 3 N–H and O–H groups in total. The number of rotatable bonds is 1. The van der Waals surface area contributed by atoms with Gasteiger partial charge in [0.15, 0.2) is 0 Å². The van der Waals surface area contributed by atoms with Crippen LogP contribution in [0, 0.1) is 0 Å². The van der Waals surface area contributed by atoms with Crippen LogP contribution in [0.5, 0.6) is 0 Å². The normalized spacial score (nSPS) is 11.4. The number of hydrogen-bond donors (Lipinski definition) is 2. The van der Waals surface area contributed by atoms with Crippen molar-refractivity contribution in [3.63, 3.8) is 0 Å². The standard InChI is InChI=1S/C10H15ClN2/c1-10(2,3)13-8-6-4-5-7(11)9(8)12/h4-6,13H,12H2,1-3H3. The first-order valence-corrected chi connectivity index (χ1v) is 4.60. The van der Waals surface area contributed by atoms with Crippen molar-refractivity contribution in [1.29, 1.82) is 0 Å². The Hall–Kier alpha value is -0.890. The third kappa shape index (κ3) is 2.81. The Morgan fingerprint density at radius 2 is 1.92 bits per heavy atom. The Morgan fingerprint density at radius 1 is 1.31 bits per heavy atom. The number of nitrogen functional groups attached to an aromatic ring is 1. The summed E-state index contributed by atoms with van der Waals surface area (Å²) >= 11 is 5.88. The van der Waals surface area contributed by atoms with Crippen molar-refractivity contribution in [2.24, 2.45) is 0 Å². The van der Waals surface area contributed by atoms with E-state index >= 15 is 0 Å². The number of benzene rings is 1. The van der Waals surface area contributed by atoms with Gasteiger partial charge in [0.2, 0.25) is 0 Å². The van der Waals surface area contributed by atoms with Crippen molar-refractivity contribution in [3.05, 3.63) is 23.2 Å².